The molecule has 0 aliphatic rings. The molecule has 11 heteroatoms. The van der Waals surface area contributed by atoms with Crippen molar-refractivity contribution in [3.63, 3.8) is 0 Å². The highest BCUT2D eigenvalue weighted by Gasteiger charge is 2.25. The third-order valence-electron chi connectivity index (χ3n) is 3.48. The summed E-state index contributed by atoms with van der Waals surface area (Å²) in [5, 5.41) is 28.5. The molecule has 1 amide bonds. The SMILES string of the molecule is Cc1c([N+](=O)[O-])cc(NC(=O)c2nn(C)c(C)c2Cl)cc1[N+](=O)[O-]. The van der Waals surface area contributed by atoms with Gasteiger partial charge in [0.1, 0.15) is 5.56 Å². The highest BCUT2D eigenvalue weighted by atomic mass is 35.5. The van der Waals surface area contributed by atoms with Crippen LogP contribution in [0.15, 0.2) is 12.1 Å². The Morgan fingerprint density at radius 2 is 1.71 bits per heavy atom. The van der Waals surface area contributed by atoms with Crippen molar-refractivity contribution in [2.24, 2.45) is 7.05 Å². The topological polar surface area (TPSA) is 133 Å². The lowest BCUT2D eigenvalue weighted by molar-refractivity contribution is -0.395. The average Bonchev–Trinajstić information content (AvgIpc) is 2.75. The van der Waals surface area contributed by atoms with Gasteiger partial charge in [0, 0.05) is 19.2 Å². The second-order valence-corrected chi connectivity index (χ2v) is 5.36. The van der Waals surface area contributed by atoms with Gasteiger partial charge in [-0.25, -0.2) is 0 Å². The minimum atomic E-state index is -0.754. The van der Waals surface area contributed by atoms with Crippen LogP contribution in [0.3, 0.4) is 0 Å². The molecule has 0 aliphatic carbocycles. The molecule has 126 valence electrons. The molecule has 24 heavy (non-hydrogen) atoms. The number of carbonyl (C=O) groups excluding carboxylic acids is 1. The van der Waals surface area contributed by atoms with Crippen molar-refractivity contribution in [1.29, 1.82) is 0 Å². The second-order valence-electron chi connectivity index (χ2n) is 4.98. The van der Waals surface area contributed by atoms with Crippen LogP contribution in [-0.4, -0.2) is 25.5 Å². The summed E-state index contributed by atoms with van der Waals surface area (Å²) in [7, 11) is 1.60. The van der Waals surface area contributed by atoms with Crippen molar-refractivity contribution in [2.45, 2.75) is 13.8 Å². The molecule has 0 atom stereocenters. The number of aromatic nitrogens is 2. The average molecular weight is 354 g/mol. The first-order chi connectivity index (χ1) is 11.1. The van der Waals surface area contributed by atoms with E-state index in [0.717, 1.165) is 12.1 Å². The summed E-state index contributed by atoms with van der Waals surface area (Å²) in [5.41, 5.74) is -0.658. The van der Waals surface area contributed by atoms with E-state index in [-0.39, 0.29) is 22.0 Å². The first kappa shape index (κ1) is 17.3. The fraction of sp³-hybridized carbons (Fsp3) is 0.231. The van der Waals surface area contributed by atoms with Gasteiger partial charge in [-0.2, -0.15) is 5.10 Å². The Labute approximate surface area is 140 Å². The van der Waals surface area contributed by atoms with E-state index in [4.69, 9.17) is 11.6 Å². The van der Waals surface area contributed by atoms with E-state index < -0.39 is 27.1 Å². The fourth-order valence-electron chi connectivity index (χ4n) is 2.05. The number of benzene rings is 1. The van der Waals surface area contributed by atoms with Crippen LogP contribution in [0.4, 0.5) is 17.1 Å². The Morgan fingerprint density at radius 3 is 2.08 bits per heavy atom. The third kappa shape index (κ3) is 3.04. The molecule has 0 aliphatic heterocycles. The van der Waals surface area contributed by atoms with E-state index in [9.17, 15) is 25.0 Å². The van der Waals surface area contributed by atoms with Crippen molar-refractivity contribution in [1.82, 2.24) is 9.78 Å². The quantitative estimate of drug-likeness (QED) is 0.663. The monoisotopic (exact) mass is 353 g/mol. The van der Waals surface area contributed by atoms with Crippen LogP contribution in [0.1, 0.15) is 21.7 Å². The van der Waals surface area contributed by atoms with Gasteiger partial charge in [0.2, 0.25) is 0 Å². The minimum absolute atomic E-state index is 0.0810. The molecule has 0 fully saturated rings. The van der Waals surface area contributed by atoms with Crippen molar-refractivity contribution < 1.29 is 14.6 Å². The Kier molecular flexibility index (Phi) is 4.51. The van der Waals surface area contributed by atoms with Gasteiger partial charge in [0.25, 0.3) is 17.3 Å². The molecule has 1 aromatic carbocycles. The predicted octanol–water partition coefficient (Wildman–Crippen LogP) is 2.76. The Bertz CT molecular complexity index is 841. The molecule has 1 heterocycles. The number of anilines is 1. The number of hydrogen-bond donors (Lipinski definition) is 1. The molecule has 0 spiro atoms. The summed E-state index contributed by atoms with van der Waals surface area (Å²) < 4.78 is 1.40. The zero-order valence-corrected chi connectivity index (χ0v) is 13.6. The highest BCUT2D eigenvalue weighted by molar-refractivity contribution is 6.34. The maximum atomic E-state index is 12.2. The van der Waals surface area contributed by atoms with E-state index in [1.807, 2.05) is 0 Å². The first-order valence-corrected chi connectivity index (χ1v) is 6.95. The van der Waals surface area contributed by atoms with E-state index in [1.165, 1.54) is 11.6 Å². The summed E-state index contributed by atoms with van der Waals surface area (Å²) in [6.07, 6.45) is 0. The lowest BCUT2D eigenvalue weighted by atomic mass is 10.1. The molecular formula is C13H12ClN5O5. The predicted molar refractivity (Wildman–Crippen MR) is 85.4 cm³/mol. The molecule has 1 aromatic heterocycles. The van der Waals surface area contributed by atoms with Crippen molar-refractivity contribution in [3.8, 4) is 0 Å². The van der Waals surface area contributed by atoms with Gasteiger partial charge in [-0.3, -0.25) is 29.7 Å². The number of rotatable bonds is 4. The van der Waals surface area contributed by atoms with Gasteiger partial charge in [-0.1, -0.05) is 11.6 Å². The van der Waals surface area contributed by atoms with E-state index in [1.54, 1.807) is 14.0 Å². The molecule has 0 bridgehead atoms. The second kappa shape index (κ2) is 6.24. The highest BCUT2D eigenvalue weighted by Crippen LogP contribution is 2.32. The van der Waals surface area contributed by atoms with E-state index >= 15 is 0 Å². The molecule has 0 saturated heterocycles. The van der Waals surface area contributed by atoms with Crippen LogP contribution in [0.2, 0.25) is 5.02 Å². The Hall–Kier alpha value is -3.01. The largest absolute Gasteiger partial charge is 0.320 e. The molecule has 1 N–H and O–H groups in total. The number of nitrogens with zero attached hydrogens (tertiary/aromatic N) is 4. The van der Waals surface area contributed by atoms with Crippen LogP contribution >= 0.6 is 11.6 Å². The number of halogens is 1. The standard InChI is InChI=1S/C13H12ClN5O5/c1-6-9(18(21)22)4-8(5-10(6)19(23)24)15-13(20)12-11(14)7(2)17(3)16-12/h4-5H,1-3H3,(H,15,20). The van der Waals surface area contributed by atoms with Crippen molar-refractivity contribution in [3.05, 3.63) is 54.3 Å². The van der Waals surface area contributed by atoms with Crippen LogP contribution in [0.5, 0.6) is 0 Å². The van der Waals surface area contributed by atoms with Crippen LogP contribution in [0, 0.1) is 34.1 Å². The Balaban J connectivity index is 2.45. The van der Waals surface area contributed by atoms with Gasteiger partial charge in [-0.15, -0.1) is 0 Å². The van der Waals surface area contributed by atoms with Gasteiger partial charge in [0.05, 0.1) is 26.3 Å². The number of carbonyl (C=O) groups is 1. The summed E-state index contributed by atoms with van der Waals surface area (Å²) in [4.78, 5) is 32.8. The maximum absolute atomic E-state index is 12.2. The maximum Gasteiger partial charge on any atom is 0.281 e. The molecule has 2 rings (SSSR count). The molecular weight excluding hydrogens is 342 g/mol. The number of nitro benzene ring substituents is 2. The molecule has 0 saturated carbocycles. The number of hydrogen-bond acceptors (Lipinski definition) is 6. The van der Waals surface area contributed by atoms with Gasteiger partial charge >= 0.3 is 0 Å². The van der Waals surface area contributed by atoms with Gasteiger partial charge < -0.3 is 5.32 Å². The van der Waals surface area contributed by atoms with Crippen molar-refractivity contribution >= 4 is 34.6 Å². The number of nitro groups is 2. The third-order valence-corrected chi connectivity index (χ3v) is 3.93. The van der Waals surface area contributed by atoms with Gasteiger partial charge in [-0.05, 0) is 13.8 Å². The normalized spacial score (nSPS) is 10.5. The van der Waals surface area contributed by atoms with Crippen molar-refractivity contribution in [2.75, 3.05) is 5.32 Å². The fourth-order valence-corrected chi connectivity index (χ4v) is 2.30. The van der Waals surface area contributed by atoms with Crippen LogP contribution in [-0.2, 0) is 7.05 Å². The number of nitrogens with one attached hydrogen (secondary N) is 1. The first-order valence-electron chi connectivity index (χ1n) is 6.57. The van der Waals surface area contributed by atoms with E-state index in [0.29, 0.717) is 5.69 Å². The summed E-state index contributed by atoms with van der Waals surface area (Å²) >= 11 is 6.00. The molecule has 2 aromatic rings. The minimum Gasteiger partial charge on any atom is -0.320 e. The summed E-state index contributed by atoms with van der Waals surface area (Å²) in [6, 6.07) is 2.09. The molecule has 10 nitrogen and oxygen atoms in total. The van der Waals surface area contributed by atoms with E-state index in [2.05, 4.69) is 10.4 Å². The molecule has 0 unspecified atom stereocenters. The molecule has 0 radical (unpaired) electrons. The smallest absolute Gasteiger partial charge is 0.281 e. The zero-order valence-electron chi connectivity index (χ0n) is 12.9. The van der Waals surface area contributed by atoms with Crippen LogP contribution in [0.25, 0.3) is 0 Å². The summed E-state index contributed by atoms with van der Waals surface area (Å²) in [5.74, 6) is -0.726. The number of amides is 1. The zero-order chi connectivity index (χ0) is 18.2. The lowest BCUT2D eigenvalue weighted by Crippen LogP contribution is -2.14. The summed E-state index contributed by atoms with van der Waals surface area (Å²) in [6.45, 7) is 2.93. The van der Waals surface area contributed by atoms with Gasteiger partial charge in [0.15, 0.2) is 5.69 Å². The number of aryl methyl sites for hydroxylation is 1. The lowest BCUT2D eigenvalue weighted by Gasteiger charge is -2.06. The van der Waals surface area contributed by atoms with Crippen LogP contribution < -0.4 is 5.32 Å². The Morgan fingerprint density at radius 1 is 1.21 bits per heavy atom.